The molecule has 1 aromatic carbocycles. The van der Waals surface area contributed by atoms with E-state index in [0.29, 0.717) is 13.2 Å². The molecule has 1 aromatic rings. The summed E-state index contributed by atoms with van der Waals surface area (Å²) in [5, 5.41) is 0. The van der Waals surface area contributed by atoms with Crippen molar-refractivity contribution in [3.8, 4) is 5.75 Å². The molecule has 2 rings (SSSR count). The van der Waals surface area contributed by atoms with Crippen LogP contribution in [0.2, 0.25) is 0 Å². The second-order valence-corrected chi connectivity index (χ2v) is 5.57. The van der Waals surface area contributed by atoms with Crippen LogP contribution in [0.4, 0.5) is 0 Å². The number of rotatable bonds is 3. The maximum Gasteiger partial charge on any atom is 0.261 e. The first-order chi connectivity index (χ1) is 9.49. The van der Waals surface area contributed by atoms with E-state index in [2.05, 4.69) is 6.92 Å². The Labute approximate surface area is 120 Å². The van der Waals surface area contributed by atoms with E-state index in [-0.39, 0.29) is 24.6 Å². The second-order valence-electron chi connectivity index (χ2n) is 5.57. The van der Waals surface area contributed by atoms with Crippen molar-refractivity contribution in [2.45, 2.75) is 39.8 Å². The first kappa shape index (κ1) is 14.9. The predicted molar refractivity (Wildman–Crippen MR) is 78.0 cm³/mol. The zero-order valence-corrected chi connectivity index (χ0v) is 12.7. The smallest absolute Gasteiger partial charge is 0.261 e. The molecule has 4 heteroatoms. The summed E-state index contributed by atoms with van der Waals surface area (Å²) in [6.45, 7) is 9.38. The third-order valence-electron chi connectivity index (χ3n) is 3.80. The number of ether oxygens (including phenoxy) is 2. The highest BCUT2D eigenvalue weighted by Gasteiger charge is 2.29. The fraction of sp³-hybridized carbons (Fsp3) is 0.562. The van der Waals surface area contributed by atoms with Crippen LogP contribution in [0.5, 0.6) is 5.75 Å². The molecule has 1 amide bonds. The summed E-state index contributed by atoms with van der Waals surface area (Å²) in [4.78, 5) is 14.2. The summed E-state index contributed by atoms with van der Waals surface area (Å²) >= 11 is 0. The Morgan fingerprint density at radius 3 is 2.50 bits per heavy atom. The molecule has 1 aliphatic heterocycles. The number of hydrogen-bond donors (Lipinski definition) is 0. The first-order valence-electron chi connectivity index (χ1n) is 7.08. The maximum absolute atomic E-state index is 12.3. The third-order valence-corrected chi connectivity index (χ3v) is 3.80. The van der Waals surface area contributed by atoms with E-state index < -0.39 is 0 Å². The van der Waals surface area contributed by atoms with Gasteiger partial charge in [-0.3, -0.25) is 4.79 Å². The highest BCUT2D eigenvalue weighted by atomic mass is 16.5. The van der Waals surface area contributed by atoms with Crippen molar-refractivity contribution >= 4 is 5.91 Å². The van der Waals surface area contributed by atoms with Gasteiger partial charge in [0, 0.05) is 0 Å². The van der Waals surface area contributed by atoms with E-state index in [1.54, 1.807) is 0 Å². The number of carbonyl (C=O) groups excluding carboxylic acids is 1. The molecule has 20 heavy (non-hydrogen) atoms. The van der Waals surface area contributed by atoms with Crippen LogP contribution < -0.4 is 4.74 Å². The quantitative estimate of drug-likeness (QED) is 0.851. The molecule has 2 unspecified atom stereocenters. The lowest BCUT2D eigenvalue weighted by atomic mass is 10.1. The van der Waals surface area contributed by atoms with Gasteiger partial charge in [-0.25, -0.2) is 0 Å². The largest absolute Gasteiger partial charge is 0.484 e. The third kappa shape index (κ3) is 3.31. The Balaban J connectivity index is 1.95. The number of amides is 1. The van der Waals surface area contributed by atoms with Crippen molar-refractivity contribution in [3.05, 3.63) is 29.3 Å². The Morgan fingerprint density at radius 1 is 1.25 bits per heavy atom. The molecule has 110 valence electrons. The highest BCUT2D eigenvalue weighted by Crippen LogP contribution is 2.18. The number of hydrogen-bond acceptors (Lipinski definition) is 3. The Morgan fingerprint density at radius 2 is 1.90 bits per heavy atom. The van der Waals surface area contributed by atoms with Crippen LogP contribution in [0.25, 0.3) is 0 Å². The van der Waals surface area contributed by atoms with Gasteiger partial charge in [-0.05, 0) is 51.0 Å². The average molecular weight is 277 g/mol. The lowest BCUT2D eigenvalue weighted by Gasteiger charge is -2.38. The number of benzene rings is 1. The Kier molecular flexibility index (Phi) is 4.65. The molecule has 0 N–H and O–H groups in total. The monoisotopic (exact) mass is 277 g/mol. The average Bonchev–Trinajstić information content (AvgIpc) is 2.40. The van der Waals surface area contributed by atoms with Crippen LogP contribution in [0.3, 0.4) is 0 Å². The summed E-state index contributed by atoms with van der Waals surface area (Å²) in [5.74, 6) is 0.765. The van der Waals surface area contributed by atoms with Gasteiger partial charge in [0.15, 0.2) is 6.61 Å². The Bertz CT molecular complexity index is 477. The van der Waals surface area contributed by atoms with Crippen LogP contribution in [-0.2, 0) is 9.53 Å². The molecule has 0 spiro atoms. The van der Waals surface area contributed by atoms with Gasteiger partial charge in [0.1, 0.15) is 5.75 Å². The SMILES string of the molecule is Cc1ccc(OCC(=O)N2C(C)COCC2C)cc1C. The van der Waals surface area contributed by atoms with E-state index in [9.17, 15) is 4.79 Å². The van der Waals surface area contributed by atoms with Crippen LogP contribution >= 0.6 is 0 Å². The molecule has 0 saturated carbocycles. The van der Waals surface area contributed by atoms with Crippen molar-refractivity contribution in [3.63, 3.8) is 0 Å². The van der Waals surface area contributed by atoms with Crippen molar-refractivity contribution in [2.24, 2.45) is 0 Å². The minimum Gasteiger partial charge on any atom is -0.484 e. The number of nitrogens with zero attached hydrogens (tertiary/aromatic N) is 1. The van der Waals surface area contributed by atoms with Crippen LogP contribution in [-0.4, -0.2) is 42.7 Å². The molecule has 1 aliphatic rings. The number of morpholine rings is 1. The minimum atomic E-state index is 0.0199. The zero-order chi connectivity index (χ0) is 14.7. The molecule has 2 atom stereocenters. The summed E-state index contributed by atoms with van der Waals surface area (Å²) in [7, 11) is 0. The van der Waals surface area contributed by atoms with Gasteiger partial charge in [-0.1, -0.05) is 6.07 Å². The molecular formula is C16H23NO3. The predicted octanol–water partition coefficient (Wildman–Crippen LogP) is 2.32. The van der Waals surface area contributed by atoms with Crippen molar-refractivity contribution in [1.82, 2.24) is 4.90 Å². The first-order valence-corrected chi connectivity index (χ1v) is 7.08. The van der Waals surface area contributed by atoms with Crippen molar-refractivity contribution in [2.75, 3.05) is 19.8 Å². The topological polar surface area (TPSA) is 38.8 Å². The summed E-state index contributed by atoms with van der Waals surface area (Å²) in [5.41, 5.74) is 2.39. The molecule has 0 radical (unpaired) electrons. The van der Waals surface area contributed by atoms with E-state index in [1.807, 2.05) is 43.9 Å². The summed E-state index contributed by atoms with van der Waals surface area (Å²) in [6.07, 6.45) is 0. The van der Waals surface area contributed by atoms with Gasteiger partial charge in [-0.2, -0.15) is 0 Å². The molecule has 0 bridgehead atoms. The molecule has 1 saturated heterocycles. The normalized spacial score (nSPS) is 22.7. The van der Waals surface area contributed by atoms with Gasteiger partial charge in [0.25, 0.3) is 5.91 Å². The number of aryl methyl sites for hydroxylation is 2. The van der Waals surface area contributed by atoms with E-state index in [0.717, 1.165) is 5.75 Å². The standard InChI is InChI=1S/C16H23NO3/c1-11-5-6-15(7-12(11)2)20-10-16(18)17-13(3)8-19-9-14(17)4/h5-7,13-14H,8-10H2,1-4H3. The van der Waals surface area contributed by atoms with Crippen LogP contribution in [0.15, 0.2) is 18.2 Å². The van der Waals surface area contributed by atoms with E-state index in [1.165, 1.54) is 11.1 Å². The van der Waals surface area contributed by atoms with E-state index >= 15 is 0 Å². The summed E-state index contributed by atoms with van der Waals surface area (Å²) < 4.78 is 11.1. The summed E-state index contributed by atoms with van der Waals surface area (Å²) in [6, 6.07) is 6.09. The van der Waals surface area contributed by atoms with E-state index in [4.69, 9.17) is 9.47 Å². The molecule has 4 nitrogen and oxygen atoms in total. The van der Waals surface area contributed by atoms with Gasteiger partial charge < -0.3 is 14.4 Å². The van der Waals surface area contributed by atoms with Gasteiger partial charge in [0.05, 0.1) is 25.3 Å². The lowest BCUT2D eigenvalue weighted by Crippen LogP contribution is -2.53. The fourth-order valence-corrected chi connectivity index (χ4v) is 2.52. The maximum atomic E-state index is 12.3. The van der Waals surface area contributed by atoms with Gasteiger partial charge >= 0.3 is 0 Å². The van der Waals surface area contributed by atoms with Gasteiger partial charge in [0.2, 0.25) is 0 Å². The molecule has 1 fully saturated rings. The fourth-order valence-electron chi connectivity index (χ4n) is 2.52. The minimum absolute atomic E-state index is 0.0199. The second kappa shape index (κ2) is 6.27. The molecule has 0 aromatic heterocycles. The van der Waals surface area contributed by atoms with Crippen molar-refractivity contribution in [1.29, 1.82) is 0 Å². The highest BCUT2D eigenvalue weighted by molar-refractivity contribution is 5.78. The van der Waals surface area contributed by atoms with Crippen molar-refractivity contribution < 1.29 is 14.3 Å². The van der Waals surface area contributed by atoms with Gasteiger partial charge in [-0.15, -0.1) is 0 Å². The van der Waals surface area contributed by atoms with Crippen LogP contribution in [0.1, 0.15) is 25.0 Å². The lowest BCUT2D eigenvalue weighted by molar-refractivity contribution is -0.146. The molecular weight excluding hydrogens is 254 g/mol. The molecule has 1 heterocycles. The van der Waals surface area contributed by atoms with Crippen LogP contribution in [0, 0.1) is 13.8 Å². The zero-order valence-electron chi connectivity index (χ0n) is 12.7. The Hall–Kier alpha value is -1.55. The molecule has 0 aliphatic carbocycles. The number of carbonyl (C=O) groups is 1.